The second kappa shape index (κ2) is 2.51. The SMILES string of the molecule is CCC(=O)c1nocc1O. The van der Waals surface area contributed by atoms with Crippen molar-refractivity contribution in [2.24, 2.45) is 0 Å². The predicted molar refractivity (Wildman–Crippen MR) is 32.8 cm³/mol. The molecule has 0 aromatic carbocycles. The molecular formula is C6H7NO3. The van der Waals surface area contributed by atoms with E-state index in [0.717, 1.165) is 6.26 Å². The van der Waals surface area contributed by atoms with Crippen LogP contribution in [0.15, 0.2) is 10.8 Å². The lowest BCUT2D eigenvalue weighted by atomic mass is 10.2. The lowest BCUT2D eigenvalue weighted by Crippen LogP contribution is -1.96. The first-order valence-corrected chi connectivity index (χ1v) is 2.92. The summed E-state index contributed by atoms with van der Waals surface area (Å²) in [6.07, 6.45) is 1.35. The number of carbonyl (C=O) groups is 1. The number of Topliss-reactive ketones (excluding diaryl/α,β-unsaturated/α-hetero) is 1. The van der Waals surface area contributed by atoms with Crippen molar-refractivity contribution < 1.29 is 14.4 Å². The van der Waals surface area contributed by atoms with E-state index in [9.17, 15) is 4.79 Å². The van der Waals surface area contributed by atoms with Gasteiger partial charge in [-0.15, -0.1) is 0 Å². The Bertz CT molecular complexity index is 241. The maximum atomic E-state index is 10.8. The third-order valence-electron chi connectivity index (χ3n) is 1.14. The Morgan fingerprint density at radius 1 is 1.90 bits per heavy atom. The zero-order valence-corrected chi connectivity index (χ0v) is 5.50. The Labute approximate surface area is 57.4 Å². The van der Waals surface area contributed by atoms with Crippen molar-refractivity contribution in [3.8, 4) is 5.75 Å². The largest absolute Gasteiger partial charge is 0.503 e. The Balaban J connectivity index is 2.93. The normalized spacial score (nSPS) is 9.70. The summed E-state index contributed by atoms with van der Waals surface area (Å²) in [5.74, 6) is -0.405. The van der Waals surface area contributed by atoms with Crippen LogP contribution in [0.5, 0.6) is 5.75 Å². The Morgan fingerprint density at radius 3 is 3.00 bits per heavy atom. The van der Waals surface area contributed by atoms with Crippen molar-refractivity contribution in [3.05, 3.63) is 12.0 Å². The minimum absolute atomic E-state index is 0.0162. The molecule has 1 rings (SSSR count). The number of hydrogen-bond acceptors (Lipinski definition) is 4. The zero-order valence-electron chi connectivity index (χ0n) is 5.50. The average Bonchev–Trinajstić information content (AvgIpc) is 2.34. The molecule has 0 unspecified atom stereocenters. The molecule has 1 N–H and O–H groups in total. The van der Waals surface area contributed by atoms with E-state index in [4.69, 9.17) is 5.11 Å². The third-order valence-corrected chi connectivity index (χ3v) is 1.14. The van der Waals surface area contributed by atoms with Crippen LogP contribution in [0.3, 0.4) is 0 Å². The van der Waals surface area contributed by atoms with Crippen LogP contribution in [0.1, 0.15) is 23.8 Å². The highest BCUT2D eigenvalue weighted by atomic mass is 16.5. The summed E-state index contributed by atoms with van der Waals surface area (Å²) in [5.41, 5.74) is 0.0162. The fraction of sp³-hybridized carbons (Fsp3) is 0.333. The monoisotopic (exact) mass is 141 g/mol. The second-order valence-corrected chi connectivity index (χ2v) is 1.83. The molecule has 1 heterocycles. The summed E-state index contributed by atoms with van der Waals surface area (Å²) < 4.78 is 4.35. The van der Waals surface area contributed by atoms with E-state index in [1.165, 1.54) is 0 Å². The quantitative estimate of drug-likeness (QED) is 0.623. The predicted octanol–water partition coefficient (Wildman–Crippen LogP) is 0.973. The molecule has 0 radical (unpaired) electrons. The van der Waals surface area contributed by atoms with Gasteiger partial charge in [0.15, 0.2) is 23.5 Å². The summed E-state index contributed by atoms with van der Waals surface area (Å²) >= 11 is 0. The van der Waals surface area contributed by atoms with Crippen LogP contribution in [0.2, 0.25) is 0 Å². The standard InChI is InChI=1S/C6H7NO3/c1-2-4(8)6-5(9)3-10-7-6/h3,9H,2H2,1H3. The smallest absolute Gasteiger partial charge is 0.191 e. The molecule has 0 amide bonds. The number of ketones is 1. The molecule has 0 aliphatic carbocycles. The van der Waals surface area contributed by atoms with Gasteiger partial charge in [-0.1, -0.05) is 12.1 Å². The lowest BCUT2D eigenvalue weighted by Gasteiger charge is -1.87. The first-order valence-electron chi connectivity index (χ1n) is 2.92. The van der Waals surface area contributed by atoms with Gasteiger partial charge in [-0.05, 0) is 0 Å². The number of aromatic hydroxyl groups is 1. The van der Waals surface area contributed by atoms with Gasteiger partial charge < -0.3 is 9.63 Å². The molecule has 4 nitrogen and oxygen atoms in total. The van der Waals surface area contributed by atoms with Crippen LogP contribution >= 0.6 is 0 Å². The molecular weight excluding hydrogens is 134 g/mol. The highest BCUT2D eigenvalue weighted by Gasteiger charge is 2.12. The minimum Gasteiger partial charge on any atom is -0.503 e. The van der Waals surface area contributed by atoms with E-state index < -0.39 is 0 Å². The van der Waals surface area contributed by atoms with Crippen LogP contribution in [0, 0.1) is 0 Å². The van der Waals surface area contributed by atoms with Crippen LogP contribution < -0.4 is 0 Å². The van der Waals surface area contributed by atoms with Crippen molar-refractivity contribution in [1.82, 2.24) is 5.16 Å². The molecule has 0 fully saturated rings. The van der Waals surface area contributed by atoms with Crippen LogP contribution in [-0.4, -0.2) is 16.0 Å². The summed E-state index contributed by atoms with van der Waals surface area (Å²) in [7, 11) is 0. The van der Waals surface area contributed by atoms with E-state index in [-0.39, 0.29) is 17.2 Å². The summed E-state index contributed by atoms with van der Waals surface area (Å²) in [5, 5.41) is 12.2. The summed E-state index contributed by atoms with van der Waals surface area (Å²) in [6, 6.07) is 0. The molecule has 0 atom stereocenters. The van der Waals surface area contributed by atoms with E-state index in [2.05, 4.69) is 9.68 Å². The molecule has 54 valence electrons. The third kappa shape index (κ3) is 1.00. The van der Waals surface area contributed by atoms with E-state index in [1.54, 1.807) is 6.92 Å². The molecule has 0 bridgehead atoms. The molecule has 0 spiro atoms. The number of hydrogen-bond donors (Lipinski definition) is 1. The van der Waals surface area contributed by atoms with Gasteiger partial charge in [-0.3, -0.25) is 4.79 Å². The molecule has 0 saturated carbocycles. The zero-order chi connectivity index (χ0) is 7.56. The summed E-state index contributed by atoms with van der Waals surface area (Å²) in [4.78, 5) is 10.8. The lowest BCUT2D eigenvalue weighted by molar-refractivity contribution is 0.0977. The maximum Gasteiger partial charge on any atom is 0.191 e. The highest BCUT2D eigenvalue weighted by Crippen LogP contribution is 2.15. The minimum atomic E-state index is -0.216. The molecule has 10 heavy (non-hydrogen) atoms. The topological polar surface area (TPSA) is 63.3 Å². The van der Waals surface area contributed by atoms with Gasteiger partial charge in [-0.25, -0.2) is 0 Å². The number of aromatic nitrogens is 1. The van der Waals surface area contributed by atoms with Crippen molar-refractivity contribution in [2.75, 3.05) is 0 Å². The number of rotatable bonds is 2. The van der Waals surface area contributed by atoms with Crippen LogP contribution in [0.4, 0.5) is 0 Å². The van der Waals surface area contributed by atoms with Crippen LogP contribution in [0.25, 0.3) is 0 Å². The van der Waals surface area contributed by atoms with Gasteiger partial charge >= 0.3 is 0 Å². The Hall–Kier alpha value is -1.32. The number of nitrogens with zero attached hydrogens (tertiary/aromatic N) is 1. The van der Waals surface area contributed by atoms with Gasteiger partial charge in [0.25, 0.3) is 0 Å². The molecule has 1 aromatic heterocycles. The number of carbonyl (C=O) groups excluding carboxylic acids is 1. The molecule has 1 aromatic rings. The average molecular weight is 141 g/mol. The Kier molecular flexibility index (Phi) is 1.71. The maximum absolute atomic E-state index is 10.8. The van der Waals surface area contributed by atoms with E-state index in [1.807, 2.05) is 0 Å². The first-order chi connectivity index (χ1) is 4.75. The van der Waals surface area contributed by atoms with Gasteiger partial charge in [0.2, 0.25) is 0 Å². The second-order valence-electron chi connectivity index (χ2n) is 1.83. The van der Waals surface area contributed by atoms with E-state index >= 15 is 0 Å². The van der Waals surface area contributed by atoms with Crippen molar-refractivity contribution >= 4 is 5.78 Å². The first kappa shape index (κ1) is 6.80. The van der Waals surface area contributed by atoms with Crippen molar-refractivity contribution in [2.45, 2.75) is 13.3 Å². The highest BCUT2D eigenvalue weighted by molar-refractivity contribution is 5.96. The van der Waals surface area contributed by atoms with Gasteiger partial charge in [0, 0.05) is 6.42 Å². The molecule has 0 aliphatic rings. The molecule has 0 saturated heterocycles. The van der Waals surface area contributed by atoms with Gasteiger partial charge in [0.1, 0.15) is 0 Å². The van der Waals surface area contributed by atoms with Crippen molar-refractivity contribution in [3.63, 3.8) is 0 Å². The van der Waals surface area contributed by atoms with Gasteiger partial charge in [-0.2, -0.15) is 0 Å². The van der Waals surface area contributed by atoms with E-state index in [0.29, 0.717) is 6.42 Å². The Morgan fingerprint density at radius 2 is 2.60 bits per heavy atom. The molecule has 4 heteroatoms. The van der Waals surface area contributed by atoms with Gasteiger partial charge in [0.05, 0.1) is 0 Å². The summed E-state index contributed by atoms with van der Waals surface area (Å²) in [6.45, 7) is 1.69. The fourth-order valence-corrected chi connectivity index (χ4v) is 0.593. The van der Waals surface area contributed by atoms with Crippen molar-refractivity contribution in [1.29, 1.82) is 0 Å². The molecule has 0 aliphatic heterocycles. The van der Waals surface area contributed by atoms with Crippen LogP contribution in [-0.2, 0) is 0 Å². The fourth-order valence-electron chi connectivity index (χ4n) is 0.593.